The minimum atomic E-state index is -0.207. The molecule has 1 nitrogen and oxygen atoms in total. The van der Waals surface area contributed by atoms with E-state index in [2.05, 4.69) is 6.58 Å². The van der Waals surface area contributed by atoms with Gasteiger partial charge < -0.3 is 5.73 Å². The van der Waals surface area contributed by atoms with Crippen molar-refractivity contribution in [1.82, 2.24) is 0 Å². The molecule has 1 rings (SSSR count). The van der Waals surface area contributed by atoms with Gasteiger partial charge in [-0.05, 0) is 23.8 Å². The second kappa shape index (κ2) is 3.94. The molecule has 0 saturated carbocycles. The first-order valence-electron chi connectivity index (χ1n) is 3.47. The smallest absolute Gasteiger partial charge is 0.0479 e. The molecule has 0 aliphatic rings. The zero-order valence-electron chi connectivity index (χ0n) is 6.43. The van der Waals surface area contributed by atoms with Gasteiger partial charge in [-0.25, -0.2) is 0 Å². The van der Waals surface area contributed by atoms with E-state index < -0.39 is 0 Å². The lowest BCUT2D eigenvalue weighted by molar-refractivity contribution is 0.915. The number of hydrogen-bond acceptors (Lipinski definition) is 1. The van der Waals surface area contributed by atoms with Crippen LogP contribution in [0.3, 0.4) is 0 Å². The van der Waals surface area contributed by atoms with Gasteiger partial charge in [-0.1, -0.05) is 29.3 Å². The molecule has 64 valence electrons. The second-order valence-electron chi connectivity index (χ2n) is 2.46. The Morgan fingerprint density at radius 3 is 2.17 bits per heavy atom. The summed E-state index contributed by atoms with van der Waals surface area (Å²) in [5.74, 6) is 0. The Hall–Kier alpha value is -0.500. The van der Waals surface area contributed by atoms with Crippen LogP contribution < -0.4 is 5.73 Å². The van der Waals surface area contributed by atoms with Crippen molar-refractivity contribution < 1.29 is 0 Å². The molecule has 1 aromatic carbocycles. The summed E-state index contributed by atoms with van der Waals surface area (Å²) in [5, 5.41) is 1.18. The fraction of sp³-hybridized carbons (Fsp3) is 0.111. The van der Waals surface area contributed by atoms with Gasteiger partial charge in [0.1, 0.15) is 0 Å². The molecule has 1 atom stereocenters. The van der Waals surface area contributed by atoms with Crippen LogP contribution in [-0.2, 0) is 0 Å². The fourth-order valence-corrected chi connectivity index (χ4v) is 1.45. The summed E-state index contributed by atoms with van der Waals surface area (Å²) in [6.45, 7) is 3.59. The topological polar surface area (TPSA) is 26.0 Å². The van der Waals surface area contributed by atoms with Gasteiger partial charge in [0.2, 0.25) is 0 Å². The molecule has 3 heteroatoms. The van der Waals surface area contributed by atoms with Crippen molar-refractivity contribution in [2.45, 2.75) is 6.04 Å². The summed E-state index contributed by atoms with van der Waals surface area (Å²) in [4.78, 5) is 0. The number of benzene rings is 1. The van der Waals surface area contributed by atoms with Crippen molar-refractivity contribution in [3.05, 3.63) is 46.5 Å². The third-order valence-electron chi connectivity index (χ3n) is 1.52. The van der Waals surface area contributed by atoms with Gasteiger partial charge in [-0.2, -0.15) is 0 Å². The number of halogens is 2. The Morgan fingerprint density at radius 2 is 1.75 bits per heavy atom. The standard InChI is InChI=1S/C9H9Cl2N/c1-2-9(12)6-3-7(10)5-8(11)4-6/h2-5,9H,1,12H2/t9-/m1/s1. The first-order chi connectivity index (χ1) is 5.63. The van der Waals surface area contributed by atoms with Crippen LogP contribution in [0.2, 0.25) is 10.0 Å². The van der Waals surface area contributed by atoms with Crippen molar-refractivity contribution in [2.24, 2.45) is 5.73 Å². The molecule has 0 bridgehead atoms. The van der Waals surface area contributed by atoms with Crippen LogP contribution in [0.1, 0.15) is 11.6 Å². The van der Waals surface area contributed by atoms with Gasteiger partial charge >= 0.3 is 0 Å². The predicted molar refractivity (Wildman–Crippen MR) is 53.6 cm³/mol. The van der Waals surface area contributed by atoms with Gasteiger partial charge in [0.25, 0.3) is 0 Å². The van der Waals surface area contributed by atoms with E-state index in [-0.39, 0.29) is 6.04 Å². The molecule has 12 heavy (non-hydrogen) atoms. The van der Waals surface area contributed by atoms with E-state index in [4.69, 9.17) is 28.9 Å². The van der Waals surface area contributed by atoms with Gasteiger partial charge in [-0.3, -0.25) is 0 Å². The van der Waals surface area contributed by atoms with Gasteiger partial charge in [-0.15, -0.1) is 6.58 Å². The summed E-state index contributed by atoms with van der Waals surface area (Å²) in [6, 6.07) is 5.02. The normalized spacial score (nSPS) is 12.6. The molecule has 0 aromatic heterocycles. The van der Waals surface area contributed by atoms with Crippen LogP contribution in [0.15, 0.2) is 30.9 Å². The Morgan fingerprint density at radius 1 is 1.25 bits per heavy atom. The fourth-order valence-electron chi connectivity index (χ4n) is 0.904. The van der Waals surface area contributed by atoms with Crippen LogP contribution in [-0.4, -0.2) is 0 Å². The average Bonchev–Trinajstić information content (AvgIpc) is 2.01. The van der Waals surface area contributed by atoms with Crippen molar-refractivity contribution in [2.75, 3.05) is 0 Å². The monoisotopic (exact) mass is 201 g/mol. The first-order valence-corrected chi connectivity index (χ1v) is 4.23. The summed E-state index contributed by atoms with van der Waals surface area (Å²) < 4.78 is 0. The number of hydrogen-bond donors (Lipinski definition) is 1. The van der Waals surface area contributed by atoms with Gasteiger partial charge in [0.05, 0.1) is 0 Å². The maximum absolute atomic E-state index is 5.78. The Labute approximate surface area is 81.8 Å². The van der Waals surface area contributed by atoms with Crippen LogP contribution in [0.4, 0.5) is 0 Å². The van der Waals surface area contributed by atoms with Crippen molar-refractivity contribution in [3.63, 3.8) is 0 Å². The van der Waals surface area contributed by atoms with Crippen LogP contribution >= 0.6 is 23.2 Å². The highest BCUT2D eigenvalue weighted by Crippen LogP contribution is 2.22. The molecular formula is C9H9Cl2N. The molecule has 0 aliphatic heterocycles. The molecule has 0 aliphatic carbocycles. The molecule has 0 saturated heterocycles. The predicted octanol–water partition coefficient (Wildman–Crippen LogP) is 3.18. The van der Waals surface area contributed by atoms with Crippen LogP contribution in [0.25, 0.3) is 0 Å². The molecule has 2 N–H and O–H groups in total. The lowest BCUT2D eigenvalue weighted by Crippen LogP contribution is -2.05. The average molecular weight is 202 g/mol. The molecule has 0 spiro atoms. The van der Waals surface area contributed by atoms with E-state index in [1.54, 1.807) is 24.3 Å². The van der Waals surface area contributed by atoms with Crippen LogP contribution in [0, 0.1) is 0 Å². The third-order valence-corrected chi connectivity index (χ3v) is 1.96. The summed E-state index contributed by atoms with van der Waals surface area (Å²) >= 11 is 11.6. The van der Waals surface area contributed by atoms with E-state index in [1.807, 2.05) is 0 Å². The zero-order valence-corrected chi connectivity index (χ0v) is 7.94. The van der Waals surface area contributed by atoms with Gasteiger partial charge in [0.15, 0.2) is 0 Å². The quantitative estimate of drug-likeness (QED) is 0.732. The zero-order chi connectivity index (χ0) is 9.14. The first kappa shape index (κ1) is 9.59. The summed E-state index contributed by atoms with van der Waals surface area (Å²) in [5.41, 5.74) is 6.57. The third kappa shape index (κ3) is 2.24. The van der Waals surface area contributed by atoms with E-state index in [0.717, 1.165) is 5.56 Å². The lowest BCUT2D eigenvalue weighted by atomic mass is 10.1. The highest BCUT2D eigenvalue weighted by atomic mass is 35.5. The van der Waals surface area contributed by atoms with Crippen molar-refractivity contribution in [3.8, 4) is 0 Å². The molecule has 0 amide bonds. The van der Waals surface area contributed by atoms with E-state index in [9.17, 15) is 0 Å². The molecule has 1 aromatic rings. The molecular weight excluding hydrogens is 193 g/mol. The maximum Gasteiger partial charge on any atom is 0.0479 e. The Balaban J connectivity index is 3.08. The van der Waals surface area contributed by atoms with E-state index >= 15 is 0 Å². The number of nitrogens with two attached hydrogens (primary N) is 1. The van der Waals surface area contributed by atoms with Crippen molar-refractivity contribution >= 4 is 23.2 Å². The molecule has 0 unspecified atom stereocenters. The molecule has 0 radical (unpaired) electrons. The maximum atomic E-state index is 5.78. The van der Waals surface area contributed by atoms with E-state index in [1.165, 1.54) is 0 Å². The summed E-state index contributed by atoms with van der Waals surface area (Å²) in [6.07, 6.45) is 1.64. The SMILES string of the molecule is C=C[C@@H](N)c1cc(Cl)cc(Cl)c1. The largest absolute Gasteiger partial charge is 0.321 e. The Bertz CT molecular complexity index is 276. The Kier molecular flexibility index (Phi) is 3.15. The highest BCUT2D eigenvalue weighted by Gasteiger charge is 2.03. The molecule has 0 fully saturated rings. The van der Waals surface area contributed by atoms with Crippen LogP contribution in [0.5, 0.6) is 0 Å². The number of rotatable bonds is 2. The minimum Gasteiger partial charge on any atom is -0.321 e. The molecule has 0 heterocycles. The van der Waals surface area contributed by atoms with Gasteiger partial charge in [0, 0.05) is 16.1 Å². The second-order valence-corrected chi connectivity index (χ2v) is 3.34. The lowest BCUT2D eigenvalue weighted by Gasteiger charge is -2.06. The van der Waals surface area contributed by atoms with Crippen molar-refractivity contribution in [1.29, 1.82) is 0 Å². The minimum absolute atomic E-state index is 0.207. The van der Waals surface area contributed by atoms with E-state index in [0.29, 0.717) is 10.0 Å². The summed E-state index contributed by atoms with van der Waals surface area (Å²) in [7, 11) is 0. The highest BCUT2D eigenvalue weighted by molar-refractivity contribution is 6.34.